The van der Waals surface area contributed by atoms with E-state index < -0.39 is 0 Å². The molecule has 0 radical (unpaired) electrons. The zero-order chi connectivity index (χ0) is 10.5. The summed E-state index contributed by atoms with van der Waals surface area (Å²) in [4.78, 5) is 0. The highest BCUT2D eigenvalue weighted by atomic mass is 14.5. The molecule has 15 heavy (non-hydrogen) atoms. The lowest BCUT2D eigenvalue weighted by atomic mass is 9.98. The maximum Gasteiger partial charge on any atom is -0.00367 e. The van der Waals surface area contributed by atoms with E-state index in [4.69, 9.17) is 5.73 Å². The molecule has 1 heteroatoms. The molecule has 0 heterocycles. The van der Waals surface area contributed by atoms with Crippen molar-refractivity contribution in [3.8, 4) is 0 Å². The Hall–Kier alpha value is -1.34. The predicted octanol–water partition coefficient (Wildman–Crippen LogP) is 2.92. The molecule has 1 aromatic rings. The van der Waals surface area contributed by atoms with E-state index in [1.165, 1.54) is 23.1 Å². The van der Waals surface area contributed by atoms with Gasteiger partial charge in [0.05, 0.1) is 0 Å². The third kappa shape index (κ3) is 2.57. The van der Waals surface area contributed by atoms with Gasteiger partial charge in [0.1, 0.15) is 0 Å². The van der Waals surface area contributed by atoms with Crippen molar-refractivity contribution in [3.63, 3.8) is 0 Å². The van der Waals surface area contributed by atoms with E-state index >= 15 is 0 Å². The van der Waals surface area contributed by atoms with Crippen LogP contribution in [0.3, 0.4) is 0 Å². The van der Waals surface area contributed by atoms with Gasteiger partial charge in [-0.15, -0.1) is 0 Å². The van der Waals surface area contributed by atoms with Crippen molar-refractivity contribution in [1.82, 2.24) is 0 Å². The molecule has 0 amide bonds. The van der Waals surface area contributed by atoms with E-state index in [-0.39, 0.29) is 0 Å². The highest BCUT2D eigenvalue weighted by Gasteiger charge is 2.00. The zero-order valence-electron chi connectivity index (χ0n) is 8.95. The number of allylic oxidation sites excluding steroid dienone is 4. The average Bonchev–Trinajstić information content (AvgIpc) is 2.32. The molecule has 0 spiro atoms. The summed E-state index contributed by atoms with van der Waals surface area (Å²) in [5, 5.41) is 0. The van der Waals surface area contributed by atoms with Gasteiger partial charge < -0.3 is 5.73 Å². The fourth-order valence-electron chi connectivity index (χ4n) is 1.86. The minimum atomic E-state index is 0.724. The fraction of sp³-hybridized carbons (Fsp3) is 0.286. The number of hydrogen-bond donors (Lipinski definition) is 1. The zero-order valence-corrected chi connectivity index (χ0v) is 8.95. The van der Waals surface area contributed by atoms with Crippen LogP contribution in [0.5, 0.6) is 0 Å². The van der Waals surface area contributed by atoms with Crippen molar-refractivity contribution in [2.24, 2.45) is 5.73 Å². The van der Waals surface area contributed by atoms with Crippen molar-refractivity contribution in [3.05, 3.63) is 53.6 Å². The van der Waals surface area contributed by atoms with Crippen LogP contribution in [0.2, 0.25) is 0 Å². The normalized spacial score (nSPS) is 15.1. The molecule has 1 aromatic carbocycles. The van der Waals surface area contributed by atoms with Crippen LogP contribution in [0.4, 0.5) is 0 Å². The molecule has 0 fully saturated rings. The van der Waals surface area contributed by atoms with Crippen LogP contribution in [-0.4, -0.2) is 6.54 Å². The molecule has 2 rings (SSSR count). The van der Waals surface area contributed by atoms with E-state index in [9.17, 15) is 0 Å². The molecule has 0 aromatic heterocycles. The minimum absolute atomic E-state index is 0.724. The minimum Gasteiger partial charge on any atom is -0.330 e. The molecule has 1 aliphatic rings. The predicted molar refractivity (Wildman–Crippen MR) is 65.6 cm³/mol. The fourth-order valence-corrected chi connectivity index (χ4v) is 1.86. The topological polar surface area (TPSA) is 26.0 Å². The van der Waals surface area contributed by atoms with Gasteiger partial charge in [-0.05, 0) is 42.5 Å². The molecule has 0 saturated carbocycles. The quantitative estimate of drug-likeness (QED) is 0.795. The van der Waals surface area contributed by atoms with Crippen LogP contribution in [0.15, 0.2) is 42.5 Å². The third-order valence-corrected chi connectivity index (χ3v) is 2.72. The van der Waals surface area contributed by atoms with Gasteiger partial charge in [0, 0.05) is 0 Å². The monoisotopic (exact) mass is 199 g/mol. The summed E-state index contributed by atoms with van der Waals surface area (Å²) in [6.45, 7) is 0.724. The summed E-state index contributed by atoms with van der Waals surface area (Å²) >= 11 is 0. The summed E-state index contributed by atoms with van der Waals surface area (Å²) in [7, 11) is 0. The molecule has 1 nitrogen and oxygen atoms in total. The lowest BCUT2D eigenvalue weighted by Gasteiger charge is -2.07. The first-order valence-corrected chi connectivity index (χ1v) is 5.56. The summed E-state index contributed by atoms with van der Waals surface area (Å²) in [5.41, 5.74) is 9.50. The van der Waals surface area contributed by atoms with Crippen LogP contribution in [0.1, 0.15) is 24.0 Å². The van der Waals surface area contributed by atoms with E-state index in [0.717, 1.165) is 19.4 Å². The number of nitrogens with two attached hydrogens (primary N) is 1. The number of benzene rings is 1. The Morgan fingerprint density at radius 3 is 2.47 bits per heavy atom. The first-order valence-electron chi connectivity index (χ1n) is 5.56. The van der Waals surface area contributed by atoms with Crippen LogP contribution in [-0.2, 0) is 6.42 Å². The molecule has 0 aliphatic heterocycles. The summed E-state index contributed by atoms with van der Waals surface area (Å²) < 4.78 is 0. The standard InChI is InChI=1S/C14H17N/c15-11-10-12-6-8-14(9-7-12)13-4-2-1-3-5-13/h2,4-9H,1,3,10-11,15H2. The van der Waals surface area contributed by atoms with Gasteiger partial charge in [-0.25, -0.2) is 0 Å². The maximum atomic E-state index is 5.52. The Morgan fingerprint density at radius 2 is 1.87 bits per heavy atom. The SMILES string of the molecule is NCCc1ccc(C2=CCCC=C2)cc1. The van der Waals surface area contributed by atoms with E-state index in [1.807, 2.05) is 0 Å². The Kier molecular flexibility index (Phi) is 3.36. The summed E-state index contributed by atoms with van der Waals surface area (Å²) in [6, 6.07) is 8.72. The van der Waals surface area contributed by atoms with Crippen molar-refractivity contribution in [2.45, 2.75) is 19.3 Å². The molecule has 0 unspecified atom stereocenters. The largest absolute Gasteiger partial charge is 0.330 e. The molecular formula is C14H17N. The van der Waals surface area contributed by atoms with Crippen LogP contribution < -0.4 is 5.73 Å². The molecule has 0 atom stereocenters. The smallest absolute Gasteiger partial charge is 0.00367 e. The van der Waals surface area contributed by atoms with E-state index in [1.54, 1.807) is 0 Å². The van der Waals surface area contributed by atoms with E-state index in [2.05, 4.69) is 42.5 Å². The number of rotatable bonds is 3. The molecule has 0 bridgehead atoms. The van der Waals surface area contributed by atoms with Crippen molar-refractivity contribution < 1.29 is 0 Å². The van der Waals surface area contributed by atoms with Gasteiger partial charge >= 0.3 is 0 Å². The number of hydrogen-bond acceptors (Lipinski definition) is 1. The van der Waals surface area contributed by atoms with Crippen molar-refractivity contribution >= 4 is 5.57 Å². The highest BCUT2D eigenvalue weighted by molar-refractivity contribution is 5.74. The maximum absolute atomic E-state index is 5.52. The van der Waals surface area contributed by atoms with Gasteiger partial charge in [0.2, 0.25) is 0 Å². The summed E-state index contributed by atoms with van der Waals surface area (Å²) in [6.07, 6.45) is 10.1. The van der Waals surface area contributed by atoms with Crippen LogP contribution in [0, 0.1) is 0 Å². The second-order valence-electron chi connectivity index (χ2n) is 3.87. The lowest BCUT2D eigenvalue weighted by molar-refractivity contribution is 0.968. The van der Waals surface area contributed by atoms with Crippen LogP contribution in [0.25, 0.3) is 5.57 Å². The molecular weight excluding hydrogens is 182 g/mol. The first-order chi connectivity index (χ1) is 7.40. The van der Waals surface area contributed by atoms with Crippen molar-refractivity contribution in [2.75, 3.05) is 6.54 Å². The first kappa shape index (κ1) is 10.2. The Morgan fingerprint density at radius 1 is 1.07 bits per heavy atom. The van der Waals surface area contributed by atoms with Crippen LogP contribution >= 0.6 is 0 Å². The van der Waals surface area contributed by atoms with Gasteiger partial charge in [0.15, 0.2) is 0 Å². The molecule has 2 N–H and O–H groups in total. The van der Waals surface area contributed by atoms with Crippen molar-refractivity contribution in [1.29, 1.82) is 0 Å². The summed E-state index contributed by atoms with van der Waals surface area (Å²) in [5.74, 6) is 0. The van der Waals surface area contributed by atoms with Gasteiger partial charge in [-0.2, -0.15) is 0 Å². The second kappa shape index (κ2) is 4.94. The highest BCUT2D eigenvalue weighted by Crippen LogP contribution is 2.21. The molecule has 1 aliphatic carbocycles. The van der Waals surface area contributed by atoms with Gasteiger partial charge in [0.25, 0.3) is 0 Å². The lowest BCUT2D eigenvalue weighted by Crippen LogP contribution is -2.02. The third-order valence-electron chi connectivity index (χ3n) is 2.72. The second-order valence-corrected chi connectivity index (χ2v) is 3.87. The Labute approximate surface area is 91.3 Å². The van der Waals surface area contributed by atoms with E-state index in [0.29, 0.717) is 0 Å². The molecule has 0 saturated heterocycles. The van der Waals surface area contributed by atoms with Gasteiger partial charge in [-0.1, -0.05) is 42.5 Å². The Bertz CT molecular complexity index is 371. The van der Waals surface area contributed by atoms with Gasteiger partial charge in [-0.3, -0.25) is 0 Å². The molecule has 78 valence electrons. The Balaban J connectivity index is 2.16. The average molecular weight is 199 g/mol.